The zero-order valence-corrected chi connectivity index (χ0v) is 15.3. The van der Waals surface area contributed by atoms with Gasteiger partial charge in [-0.3, -0.25) is 9.59 Å². The molecule has 6 nitrogen and oxygen atoms in total. The van der Waals surface area contributed by atoms with Gasteiger partial charge in [0.25, 0.3) is 5.91 Å². The molecule has 0 aliphatic carbocycles. The molecule has 1 fully saturated rings. The number of nitrogens with zero attached hydrogens (tertiary/aromatic N) is 1. The van der Waals surface area contributed by atoms with Crippen LogP contribution in [0.1, 0.15) is 28.9 Å². The molecule has 1 amide bonds. The van der Waals surface area contributed by atoms with Crippen LogP contribution in [-0.4, -0.2) is 43.1 Å². The van der Waals surface area contributed by atoms with Crippen LogP contribution in [-0.2, 0) is 9.53 Å². The lowest BCUT2D eigenvalue weighted by Gasteiger charge is -2.23. The third-order valence-electron chi connectivity index (χ3n) is 5.10. The zero-order chi connectivity index (χ0) is 19.0. The van der Waals surface area contributed by atoms with Crippen molar-refractivity contribution in [2.24, 2.45) is 5.92 Å². The van der Waals surface area contributed by atoms with Gasteiger partial charge in [0.1, 0.15) is 23.5 Å². The third-order valence-corrected chi connectivity index (χ3v) is 5.10. The highest BCUT2D eigenvalue weighted by Crippen LogP contribution is 2.48. The van der Waals surface area contributed by atoms with Crippen molar-refractivity contribution >= 4 is 11.9 Å². The van der Waals surface area contributed by atoms with Crippen LogP contribution in [0.5, 0.6) is 11.5 Å². The van der Waals surface area contributed by atoms with E-state index in [1.807, 2.05) is 24.3 Å². The summed E-state index contributed by atoms with van der Waals surface area (Å²) in [6, 6.07) is 14.3. The number of likely N-dealkylation sites (tertiary alicyclic amines) is 1. The quantitative estimate of drug-likeness (QED) is 0.778. The number of rotatable bonds is 4. The maximum absolute atomic E-state index is 13.3. The molecule has 0 spiro atoms. The van der Waals surface area contributed by atoms with Crippen LogP contribution >= 0.6 is 0 Å². The largest absolute Gasteiger partial charge is 0.497 e. The van der Waals surface area contributed by atoms with E-state index in [4.69, 9.17) is 14.2 Å². The van der Waals surface area contributed by atoms with Crippen LogP contribution in [0, 0.1) is 5.92 Å². The highest BCUT2D eigenvalue weighted by molar-refractivity contribution is 5.96. The van der Waals surface area contributed by atoms with Crippen LogP contribution < -0.4 is 9.47 Å². The fourth-order valence-electron chi connectivity index (χ4n) is 3.89. The molecule has 2 heterocycles. The smallest absolute Gasteiger partial charge is 0.314 e. The fourth-order valence-corrected chi connectivity index (χ4v) is 3.89. The van der Waals surface area contributed by atoms with Gasteiger partial charge >= 0.3 is 5.97 Å². The Morgan fingerprint density at radius 3 is 2.78 bits per heavy atom. The molecule has 0 saturated carbocycles. The van der Waals surface area contributed by atoms with E-state index in [1.165, 1.54) is 0 Å². The molecule has 3 atom stereocenters. The second-order valence-electron chi connectivity index (χ2n) is 6.61. The number of hydrogen-bond donors (Lipinski definition) is 0. The number of para-hydroxylation sites is 1. The minimum atomic E-state index is -0.517. The standard InChI is InChI=1S/C21H21NO5/c1-3-26-21(24)16-12-22(20(23)13-7-6-8-14(11-13)25-2)18-15-9-4-5-10-17(15)27-19(16)18/h4-11,16,18-19H,3,12H2,1-2H3/t16-,18+,19+/m1/s1. The molecule has 0 aromatic heterocycles. The van der Waals surface area contributed by atoms with Crippen LogP contribution in [0.15, 0.2) is 48.5 Å². The first-order valence-corrected chi connectivity index (χ1v) is 9.01. The summed E-state index contributed by atoms with van der Waals surface area (Å²) in [5.74, 6) is 0.320. The molecule has 4 rings (SSSR count). The van der Waals surface area contributed by atoms with Crippen LogP contribution in [0.25, 0.3) is 0 Å². The Morgan fingerprint density at radius 1 is 1.19 bits per heavy atom. The molecule has 2 aromatic carbocycles. The summed E-state index contributed by atoms with van der Waals surface area (Å²) in [7, 11) is 1.56. The summed E-state index contributed by atoms with van der Waals surface area (Å²) in [5, 5.41) is 0. The topological polar surface area (TPSA) is 65.1 Å². The number of hydrogen-bond acceptors (Lipinski definition) is 5. The third kappa shape index (κ3) is 2.91. The van der Waals surface area contributed by atoms with Gasteiger partial charge in [0.05, 0.1) is 19.8 Å². The number of ether oxygens (including phenoxy) is 3. The lowest BCUT2D eigenvalue weighted by Crippen LogP contribution is -2.32. The minimum Gasteiger partial charge on any atom is -0.497 e. The molecular weight excluding hydrogens is 346 g/mol. The Kier molecular flexibility index (Phi) is 4.48. The average Bonchev–Trinajstić information content (AvgIpc) is 3.25. The lowest BCUT2D eigenvalue weighted by atomic mass is 9.98. The Balaban J connectivity index is 1.70. The SMILES string of the molecule is CCOC(=O)[C@@H]1CN(C(=O)c2cccc(OC)c2)[C@H]2c3ccccc3O[C@@H]12. The van der Waals surface area contributed by atoms with Gasteiger partial charge in [-0.15, -0.1) is 0 Å². The molecular formula is C21H21NO5. The van der Waals surface area contributed by atoms with E-state index in [2.05, 4.69) is 0 Å². The number of carbonyl (C=O) groups is 2. The maximum atomic E-state index is 13.3. The highest BCUT2D eigenvalue weighted by atomic mass is 16.5. The second-order valence-corrected chi connectivity index (χ2v) is 6.61. The number of benzene rings is 2. The molecule has 0 radical (unpaired) electrons. The molecule has 0 bridgehead atoms. The van der Waals surface area contributed by atoms with Gasteiger partial charge in [-0.25, -0.2) is 0 Å². The molecule has 1 saturated heterocycles. The maximum Gasteiger partial charge on any atom is 0.314 e. The van der Waals surface area contributed by atoms with Gasteiger partial charge in [-0.1, -0.05) is 24.3 Å². The van der Waals surface area contributed by atoms with E-state index in [-0.39, 0.29) is 24.5 Å². The number of amides is 1. The highest BCUT2D eigenvalue weighted by Gasteiger charge is 2.54. The molecule has 6 heteroatoms. The van der Waals surface area contributed by atoms with Crippen molar-refractivity contribution < 1.29 is 23.8 Å². The van der Waals surface area contributed by atoms with E-state index < -0.39 is 12.0 Å². The Labute approximate surface area is 157 Å². The Hall–Kier alpha value is -3.02. The summed E-state index contributed by atoms with van der Waals surface area (Å²) < 4.78 is 16.5. The molecule has 0 N–H and O–H groups in total. The summed E-state index contributed by atoms with van der Waals surface area (Å²) in [5.41, 5.74) is 1.44. The van der Waals surface area contributed by atoms with Gasteiger partial charge in [0.2, 0.25) is 0 Å². The van der Waals surface area contributed by atoms with Crippen molar-refractivity contribution in [2.75, 3.05) is 20.3 Å². The summed E-state index contributed by atoms with van der Waals surface area (Å²) in [6.07, 6.45) is -0.434. The van der Waals surface area contributed by atoms with Crippen LogP contribution in [0.4, 0.5) is 0 Å². The van der Waals surface area contributed by atoms with Gasteiger partial charge in [-0.05, 0) is 31.2 Å². The number of fused-ring (bicyclic) bond motifs is 3. The number of carbonyl (C=O) groups excluding carboxylic acids is 2. The van der Waals surface area contributed by atoms with E-state index in [9.17, 15) is 9.59 Å². The Bertz CT molecular complexity index is 880. The molecule has 27 heavy (non-hydrogen) atoms. The summed E-state index contributed by atoms with van der Waals surface area (Å²) in [6.45, 7) is 2.33. The molecule has 2 aliphatic heterocycles. The molecule has 2 aromatic rings. The summed E-state index contributed by atoms with van der Waals surface area (Å²) in [4.78, 5) is 27.5. The van der Waals surface area contributed by atoms with Crippen molar-refractivity contribution in [3.05, 3.63) is 59.7 Å². The van der Waals surface area contributed by atoms with Crippen molar-refractivity contribution in [3.8, 4) is 11.5 Å². The fraction of sp³-hybridized carbons (Fsp3) is 0.333. The van der Waals surface area contributed by atoms with Crippen LogP contribution in [0.3, 0.4) is 0 Å². The predicted octanol–water partition coefficient (Wildman–Crippen LogP) is 2.83. The molecule has 2 aliphatic rings. The van der Waals surface area contributed by atoms with Crippen molar-refractivity contribution in [1.82, 2.24) is 4.90 Å². The lowest BCUT2D eigenvalue weighted by molar-refractivity contribution is -0.149. The first-order valence-electron chi connectivity index (χ1n) is 9.01. The van der Waals surface area contributed by atoms with E-state index >= 15 is 0 Å². The average molecular weight is 367 g/mol. The van der Waals surface area contributed by atoms with E-state index in [1.54, 1.807) is 43.2 Å². The number of methoxy groups -OCH3 is 1. The van der Waals surface area contributed by atoms with Crippen molar-refractivity contribution in [1.29, 1.82) is 0 Å². The van der Waals surface area contributed by atoms with Gasteiger partial charge in [-0.2, -0.15) is 0 Å². The Morgan fingerprint density at radius 2 is 2.00 bits per heavy atom. The van der Waals surface area contributed by atoms with E-state index in [0.29, 0.717) is 23.7 Å². The second kappa shape index (κ2) is 6.95. The first kappa shape index (κ1) is 17.4. The normalized spacial score (nSPS) is 22.6. The van der Waals surface area contributed by atoms with Crippen LogP contribution in [0.2, 0.25) is 0 Å². The van der Waals surface area contributed by atoms with Gasteiger partial charge in [0, 0.05) is 17.7 Å². The minimum absolute atomic E-state index is 0.156. The molecule has 140 valence electrons. The predicted molar refractivity (Wildman–Crippen MR) is 97.8 cm³/mol. The zero-order valence-electron chi connectivity index (χ0n) is 15.3. The van der Waals surface area contributed by atoms with Crippen molar-refractivity contribution in [2.45, 2.75) is 19.1 Å². The van der Waals surface area contributed by atoms with Gasteiger partial charge in [0.15, 0.2) is 0 Å². The van der Waals surface area contributed by atoms with Crippen molar-refractivity contribution in [3.63, 3.8) is 0 Å². The molecule has 0 unspecified atom stereocenters. The number of esters is 1. The van der Waals surface area contributed by atoms with E-state index in [0.717, 1.165) is 5.56 Å². The monoisotopic (exact) mass is 367 g/mol. The summed E-state index contributed by atoms with van der Waals surface area (Å²) >= 11 is 0. The van der Waals surface area contributed by atoms with Gasteiger partial charge < -0.3 is 19.1 Å². The first-order chi connectivity index (χ1) is 13.1.